The fraction of sp³-hybridized carbons (Fsp3) is 0.143. The summed E-state index contributed by atoms with van der Waals surface area (Å²) >= 11 is -0.0251. The normalized spacial score (nSPS) is 14.5. The van der Waals surface area contributed by atoms with Crippen LogP contribution in [0.1, 0.15) is 11.6 Å². The highest BCUT2D eigenvalue weighted by molar-refractivity contribution is 14.2. The third kappa shape index (κ3) is 0.941. The van der Waals surface area contributed by atoms with E-state index in [1.165, 1.54) is 0 Å². The average molecular weight is 247 g/mol. The van der Waals surface area contributed by atoms with E-state index in [4.69, 9.17) is 4.42 Å². The van der Waals surface area contributed by atoms with Gasteiger partial charge in [-0.1, -0.05) is 6.08 Å². The van der Waals surface area contributed by atoms with E-state index in [0.29, 0.717) is 0 Å². The fourth-order valence-electron chi connectivity index (χ4n) is 0.820. The second-order valence-corrected chi connectivity index (χ2v) is 4.31. The van der Waals surface area contributed by atoms with Crippen molar-refractivity contribution < 1.29 is 4.42 Å². The van der Waals surface area contributed by atoms with Gasteiger partial charge in [-0.25, -0.2) is 4.98 Å². The van der Waals surface area contributed by atoms with E-state index in [1.807, 2.05) is 13.0 Å². The van der Waals surface area contributed by atoms with Gasteiger partial charge in [0.15, 0.2) is 9.66 Å². The van der Waals surface area contributed by atoms with Gasteiger partial charge in [-0.15, -0.1) is 0 Å². The largest absolute Gasteiger partial charge is 0.435 e. The second kappa shape index (κ2) is 2.30. The summed E-state index contributed by atoms with van der Waals surface area (Å²) in [6.07, 6.45) is 4.05. The summed E-state index contributed by atoms with van der Waals surface area (Å²) in [4.78, 5) is 4.21. The molecule has 1 aliphatic rings. The molecule has 2 nitrogen and oxygen atoms in total. The minimum absolute atomic E-state index is 0.0251. The van der Waals surface area contributed by atoms with Crippen molar-refractivity contribution in [2.75, 3.05) is 0 Å². The van der Waals surface area contributed by atoms with Gasteiger partial charge in [0.2, 0.25) is 0 Å². The number of hydrogen-bond donors (Lipinski definition) is 0. The molecule has 0 N–H and O–H groups in total. The molecular formula is C7H6INO. The van der Waals surface area contributed by atoms with Gasteiger partial charge in [0.25, 0.3) is 0 Å². The Labute approximate surface area is 68.7 Å². The van der Waals surface area contributed by atoms with Crippen LogP contribution in [0.25, 0.3) is 6.08 Å². The highest BCUT2D eigenvalue weighted by Crippen LogP contribution is 2.21. The van der Waals surface area contributed by atoms with Gasteiger partial charge in [-0.2, -0.15) is 0 Å². The molecule has 0 unspecified atom stereocenters. The number of oxazole rings is 1. The molecule has 0 atom stereocenters. The Balaban J connectivity index is 2.64. The van der Waals surface area contributed by atoms with Gasteiger partial charge in [-0.05, 0) is 30.8 Å². The summed E-state index contributed by atoms with van der Waals surface area (Å²) in [7, 11) is 0. The summed E-state index contributed by atoms with van der Waals surface area (Å²) < 4.78 is 8.63. The van der Waals surface area contributed by atoms with Crippen molar-refractivity contribution in [1.82, 2.24) is 4.98 Å². The summed E-state index contributed by atoms with van der Waals surface area (Å²) in [6.45, 7) is 1.88. The van der Waals surface area contributed by atoms with Crippen LogP contribution in [0.2, 0.25) is 0 Å². The number of allylic oxidation sites excluding steroid dienone is 1. The van der Waals surface area contributed by atoms with Gasteiger partial charge in [0.05, 0.1) is 0 Å². The molecule has 0 amide bonds. The summed E-state index contributed by atoms with van der Waals surface area (Å²) in [5.41, 5.74) is 1.04. The Morgan fingerprint density at radius 2 is 2.50 bits per heavy atom. The number of aryl methyl sites for hydroxylation is 1. The average Bonchev–Trinajstić information content (AvgIpc) is 2.27. The lowest BCUT2D eigenvalue weighted by Crippen LogP contribution is -1.79. The predicted octanol–water partition coefficient (Wildman–Crippen LogP) is 1.95. The Hall–Kier alpha value is -0.450. The molecule has 1 aliphatic heterocycles. The molecule has 52 valence electrons. The zero-order chi connectivity index (χ0) is 6.97. The van der Waals surface area contributed by atoms with Gasteiger partial charge in [0.1, 0.15) is 5.69 Å². The topological polar surface area (TPSA) is 26.0 Å². The minimum Gasteiger partial charge on any atom is -0.435 e. The van der Waals surface area contributed by atoms with Gasteiger partial charge in [0, 0.05) is 6.92 Å². The van der Waals surface area contributed by atoms with Crippen LogP contribution in [-0.2, 0) is 0 Å². The van der Waals surface area contributed by atoms with E-state index in [-0.39, 0.29) is 20.7 Å². The van der Waals surface area contributed by atoms with Crippen LogP contribution in [0.15, 0.2) is 10.5 Å². The zero-order valence-electron chi connectivity index (χ0n) is 5.47. The van der Waals surface area contributed by atoms with Crippen molar-refractivity contribution in [2.24, 2.45) is 0 Å². The van der Waals surface area contributed by atoms with Crippen molar-refractivity contribution in [3.63, 3.8) is 0 Å². The predicted molar refractivity (Wildman–Crippen MR) is 49.1 cm³/mol. The highest BCUT2D eigenvalue weighted by atomic mass is 127. The molecular weight excluding hydrogens is 241 g/mol. The van der Waals surface area contributed by atoms with Crippen molar-refractivity contribution in [3.8, 4) is 0 Å². The van der Waals surface area contributed by atoms with Crippen LogP contribution in [0.5, 0.6) is 0 Å². The van der Waals surface area contributed by atoms with Crippen LogP contribution in [0.3, 0.4) is 0 Å². The number of aromatic nitrogens is 1. The third-order valence-corrected chi connectivity index (χ3v) is 3.32. The molecule has 0 aliphatic carbocycles. The highest BCUT2D eigenvalue weighted by Gasteiger charge is 2.06. The van der Waals surface area contributed by atoms with Crippen molar-refractivity contribution in [3.05, 3.63) is 21.4 Å². The Morgan fingerprint density at radius 3 is 3.30 bits per heavy atom. The van der Waals surface area contributed by atoms with E-state index in [9.17, 15) is 0 Å². The van der Waals surface area contributed by atoms with Crippen molar-refractivity contribution in [2.45, 2.75) is 6.92 Å². The molecule has 3 heteroatoms. The van der Waals surface area contributed by atoms with Crippen molar-refractivity contribution in [1.29, 1.82) is 0 Å². The third-order valence-electron chi connectivity index (χ3n) is 1.21. The summed E-state index contributed by atoms with van der Waals surface area (Å²) in [5, 5.41) is 0. The van der Waals surface area contributed by atoms with Crippen LogP contribution in [0, 0.1) is 10.7 Å². The minimum atomic E-state index is -0.0251. The maximum absolute atomic E-state index is 5.36. The first-order chi connectivity index (χ1) is 4.86. The molecule has 0 radical (unpaired) electrons. The lowest BCUT2D eigenvalue weighted by Gasteiger charge is -1.89. The molecule has 0 saturated carbocycles. The number of fused-ring (bicyclic) bond motifs is 1. The smallest absolute Gasteiger partial charge is 0.193 e. The molecule has 2 rings (SSSR count). The number of halogens is 1. The standard InChI is InChI=1S/C7H6INO/c1-5-9-6-3-2-4-8-7(6)10-5/h2-4H,1H3. The molecule has 10 heavy (non-hydrogen) atoms. The van der Waals surface area contributed by atoms with E-state index in [2.05, 4.69) is 15.1 Å². The van der Waals surface area contributed by atoms with Crippen LogP contribution < -0.4 is 0 Å². The second-order valence-electron chi connectivity index (χ2n) is 1.99. The maximum Gasteiger partial charge on any atom is 0.193 e. The monoisotopic (exact) mass is 247 g/mol. The molecule has 1 aromatic rings. The van der Waals surface area contributed by atoms with E-state index in [0.717, 1.165) is 15.4 Å². The summed E-state index contributed by atoms with van der Waals surface area (Å²) in [5.74, 6) is 0.782. The first-order valence-electron chi connectivity index (χ1n) is 2.97. The molecule has 0 aromatic carbocycles. The van der Waals surface area contributed by atoms with E-state index in [1.54, 1.807) is 0 Å². The van der Waals surface area contributed by atoms with Gasteiger partial charge >= 0.3 is 0 Å². The van der Waals surface area contributed by atoms with E-state index < -0.39 is 0 Å². The quantitative estimate of drug-likeness (QED) is 0.655. The van der Waals surface area contributed by atoms with Crippen LogP contribution >= 0.6 is 20.7 Å². The first-order valence-corrected chi connectivity index (χ1v) is 5.29. The lowest BCUT2D eigenvalue weighted by atomic mass is 10.4. The molecule has 0 saturated heterocycles. The molecule has 0 bridgehead atoms. The SMILES string of the molecule is Cc1nc2c(o1)I=CC=C2. The molecule has 1 aromatic heterocycles. The first kappa shape index (κ1) is 6.27. The Bertz CT molecular complexity index is 282. The fourth-order valence-corrected chi connectivity index (χ4v) is 2.63. The Kier molecular flexibility index (Phi) is 1.44. The maximum atomic E-state index is 5.36. The van der Waals surface area contributed by atoms with E-state index >= 15 is 0 Å². The number of nitrogens with zero attached hydrogens (tertiary/aromatic N) is 1. The molecule has 0 fully saturated rings. The number of rotatable bonds is 0. The van der Waals surface area contributed by atoms with Gasteiger partial charge < -0.3 is 4.42 Å². The van der Waals surface area contributed by atoms with Crippen LogP contribution in [-0.4, -0.2) is 9.00 Å². The van der Waals surface area contributed by atoms with Gasteiger partial charge in [-0.3, -0.25) is 0 Å². The lowest BCUT2D eigenvalue weighted by molar-refractivity contribution is 0.496. The van der Waals surface area contributed by atoms with Crippen molar-refractivity contribution >= 4 is 30.8 Å². The van der Waals surface area contributed by atoms with Crippen LogP contribution in [0.4, 0.5) is 0 Å². The zero-order valence-corrected chi connectivity index (χ0v) is 7.62. The summed E-state index contributed by atoms with van der Waals surface area (Å²) in [6, 6.07) is 0. The molecule has 0 spiro atoms. The number of hydrogen-bond acceptors (Lipinski definition) is 2. The Morgan fingerprint density at radius 1 is 1.60 bits per heavy atom. The molecule has 2 heterocycles.